The van der Waals surface area contributed by atoms with Crippen LogP contribution in [0.3, 0.4) is 0 Å². The molecule has 1 aromatic heterocycles. The van der Waals surface area contributed by atoms with E-state index in [1.165, 1.54) is 30.3 Å². The number of sulfonamides is 1. The van der Waals surface area contributed by atoms with Crippen LogP contribution in [0.4, 0.5) is 10.2 Å². The largest absolute Gasteiger partial charge is 0.263 e. The molecule has 7 heteroatoms. The maximum absolute atomic E-state index is 12.9. The van der Waals surface area contributed by atoms with Crippen LogP contribution in [0.5, 0.6) is 0 Å². The van der Waals surface area contributed by atoms with Crippen LogP contribution in [0.1, 0.15) is 11.1 Å². The van der Waals surface area contributed by atoms with Crippen LogP contribution >= 0.6 is 0 Å². The number of pyridine rings is 1. The Morgan fingerprint density at radius 3 is 2.65 bits per heavy atom. The van der Waals surface area contributed by atoms with Gasteiger partial charge < -0.3 is 0 Å². The molecule has 0 radical (unpaired) electrons. The summed E-state index contributed by atoms with van der Waals surface area (Å²) in [6.07, 6.45) is 0. The molecule has 0 fully saturated rings. The van der Waals surface area contributed by atoms with Gasteiger partial charge in [-0.1, -0.05) is 6.07 Å². The van der Waals surface area contributed by atoms with Crippen molar-refractivity contribution in [3.8, 4) is 6.07 Å². The van der Waals surface area contributed by atoms with Gasteiger partial charge in [-0.2, -0.15) is 9.65 Å². The van der Waals surface area contributed by atoms with Gasteiger partial charge in [0.1, 0.15) is 5.82 Å². The third-order valence-corrected chi connectivity index (χ3v) is 3.94. The molecule has 5 nitrogen and oxygen atoms in total. The number of anilines is 1. The van der Waals surface area contributed by atoms with E-state index in [0.717, 1.165) is 6.07 Å². The molecule has 20 heavy (non-hydrogen) atoms. The predicted molar refractivity (Wildman–Crippen MR) is 70.9 cm³/mol. The van der Waals surface area contributed by atoms with Crippen molar-refractivity contribution in [3.63, 3.8) is 0 Å². The summed E-state index contributed by atoms with van der Waals surface area (Å²) in [6, 6.07) is 9.87. The predicted octanol–water partition coefficient (Wildman–Crippen LogP) is 2.20. The zero-order valence-electron chi connectivity index (χ0n) is 10.5. The van der Waals surface area contributed by atoms with E-state index in [-0.39, 0.29) is 10.7 Å². The molecule has 0 aliphatic carbocycles. The van der Waals surface area contributed by atoms with Gasteiger partial charge in [-0.3, -0.25) is 4.72 Å². The molecule has 1 N–H and O–H groups in total. The van der Waals surface area contributed by atoms with Crippen molar-refractivity contribution in [2.45, 2.75) is 11.8 Å². The molecule has 0 aliphatic rings. The molecule has 2 rings (SSSR count). The van der Waals surface area contributed by atoms with Gasteiger partial charge in [0.05, 0.1) is 16.5 Å². The Balaban J connectivity index is 2.36. The molecule has 0 aliphatic heterocycles. The maximum Gasteiger partial charge on any atom is 0.263 e. The van der Waals surface area contributed by atoms with Crippen molar-refractivity contribution in [2.24, 2.45) is 0 Å². The Kier molecular flexibility index (Phi) is 3.68. The Morgan fingerprint density at radius 2 is 2.05 bits per heavy atom. The highest BCUT2D eigenvalue weighted by atomic mass is 32.2. The summed E-state index contributed by atoms with van der Waals surface area (Å²) >= 11 is 0. The van der Waals surface area contributed by atoms with Crippen LogP contribution in [0.15, 0.2) is 41.3 Å². The van der Waals surface area contributed by atoms with Gasteiger partial charge in [-0.15, -0.1) is 0 Å². The Morgan fingerprint density at radius 1 is 1.30 bits per heavy atom. The standard InChI is InChI=1S/C13H10FN3O2S/c1-9-7-11(6-5-10(9)8-15)20(18,19)17-13-4-2-3-12(14)16-13/h2-7H,1H3,(H,16,17). The molecule has 1 aromatic carbocycles. The number of nitriles is 1. The number of aromatic nitrogens is 1. The zero-order chi connectivity index (χ0) is 14.8. The molecular weight excluding hydrogens is 281 g/mol. The molecule has 0 saturated carbocycles. The second kappa shape index (κ2) is 5.27. The van der Waals surface area contributed by atoms with Crippen molar-refractivity contribution in [1.29, 1.82) is 5.26 Å². The van der Waals surface area contributed by atoms with E-state index in [1.54, 1.807) is 6.92 Å². The molecule has 0 amide bonds. The number of nitrogens with one attached hydrogen (secondary N) is 1. The van der Waals surface area contributed by atoms with Gasteiger partial charge >= 0.3 is 0 Å². The lowest BCUT2D eigenvalue weighted by molar-refractivity contribution is 0.584. The summed E-state index contributed by atoms with van der Waals surface area (Å²) in [7, 11) is -3.87. The SMILES string of the molecule is Cc1cc(S(=O)(=O)Nc2cccc(F)n2)ccc1C#N. The van der Waals surface area contributed by atoms with E-state index in [1.807, 2.05) is 6.07 Å². The summed E-state index contributed by atoms with van der Waals surface area (Å²) in [5, 5.41) is 8.81. The highest BCUT2D eigenvalue weighted by Gasteiger charge is 2.16. The number of rotatable bonds is 3. The fourth-order valence-electron chi connectivity index (χ4n) is 1.59. The third-order valence-electron chi connectivity index (χ3n) is 2.58. The first-order valence-electron chi connectivity index (χ1n) is 5.58. The molecule has 0 spiro atoms. The number of aryl methyl sites for hydroxylation is 1. The number of benzene rings is 1. The Hall–Kier alpha value is -2.46. The van der Waals surface area contributed by atoms with Gasteiger partial charge in [-0.05, 0) is 42.8 Å². The summed E-state index contributed by atoms with van der Waals surface area (Å²) in [5.41, 5.74) is 0.940. The van der Waals surface area contributed by atoms with E-state index in [2.05, 4.69) is 9.71 Å². The van der Waals surface area contributed by atoms with Gasteiger partial charge in [-0.25, -0.2) is 13.4 Å². The lowest BCUT2D eigenvalue weighted by Crippen LogP contribution is -2.14. The quantitative estimate of drug-likeness (QED) is 0.879. The van der Waals surface area contributed by atoms with Crippen LogP contribution in [0, 0.1) is 24.2 Å². The van der Waals surface area contributed by atoms with Crippen molar-refractivity contribution in [3.05, 3.63) is 53.5 Å². The number of hydrogen-bond donors (Lipinski definition) is 1. The second-order valence-corrected chi connectivity index (χ2v) is 5.72. The van der Waals surface area contributed by atoms with E-state index < -0.39 is 16.0 Å². The van der Waals surface area contributed by atoms with Gasteiger partial charge in [0.2, 0.25) is 5.95 Å². The van der Waals surface area contributed by atoms with Crippen LogP contribution in [0.25, 0.3) is 0 Å². The van der Waals surface area contributed by atoms with Crippen molar-refractivity contribution >= 4 is 15.8 Å². The molecule has 0 atom stereocenters. The minimum atomic E-state index is -3.87. The fourth-order valence-corrected chi connectivity index (χ4v) is 2.68. The molecule has 0 bridgehead atoms. The fraction of sp³-hybridized carbons (Fsp3) is 0.0769. The van der Waals surface area contributed by atoms with E-state index in [0.29, 0.717) is 11.1 Å². The van der Waals surface area contributed by atoms with Gasteiger partial charge in [0.15, 0.2) is 0 Å². The van der Waals surface area contributed by atoms with E-state index in [4.69, 9.17) is 5.26 Å². The lowest BCUT2D eigenvalue weighted by Gasteiger charge is -2.08. The van der Waals surface area contributed by atoms with Gasteiger partial charge in [0, 0.05) is 0 Å². The first-order chi connectivity index (χ1) is 9.42. The molecule has 102 valence electrons. The molecule has 0 saturated heterocycles. The van der Waals surface area contributed by atoms with Crippen LogP contribution < -0.4 is 4.72 Å². The zero-order valence-corrected chi connectivity index (χ0v) is 11.3. The monoisotopic (exact) mass is 291 g/mol. The van der Waals surface area contributed by atoms with Gasteiger partial charge in [0.25, 0.3) is 10.0 Å². The maximum atomic E-state index is 12.9. The Bertz CT molecular complexity index is 798. The lowest BCUT2D eigenvalue weighted by atomic mass is 10.1. The summed E-state index contributed by atoms with van der Waals surface area (Å²) in [6.45, 7) is 1.64. The third kappa shape index (κ3) is 2.92. The highest BCUT2D eigenvalue weighted by molar-refractivity contribution is 7.92. The summed E-state index contributed by atoms with van der Waals surface area (Å²) < 4.78 is 39.3. The average Bonchev–Trinajstić information content (AvgIpc) is 2.38. The molecule has 2 aromatic rings. The van der Waals surface area contributed by atoms with E-state index in [9.17, 15) is 12.8 Å². The van der Waals surface area contributed by atoms with Crippen molar-refractivity contribution in [2.75, 3.05) is 4.72 Å². The molecular formula is C13H10FN3O2S. The highest BCUT2D eigenvalue weighted by Crippen LogP contribution is 2.17. The van der Waals surface area contributed by atoms with Crippen LogP contribution in [0.2, 0.25) is 0 Å². The normalized spacial score (nSPS) is 10.8. The smallest absolute Gasteiger partial charge is 0.263 e. The van der Waals surface area contributed by atoms with Crippen molar-refractivity contribution in [1.82, 2.24) is 4.98 Å². The first kappa shape index (κ1) is 14.0. The number of halogens is 1. The van der Waals surface area contributed by atoms with Crippen LogP contribution in [-0.4, -0.2) is 13.4 Å². The Labute approximate surface area is 115 Å². The molecule has 1 heterocycles. The van der Waals surface area contributed by atoms with E-state index >= 15 is 0 Å². The number of nitrogens with zero attached hydrogens (tertiary/aromatic N) is 2. The minimum absolute atomic E-state index is 0.0138. The van der Waals surface area contributed by atoms with Crippen molar-refractivity contribution < 1.29 is 12.8 Å². The van der Waals surface area contributed by atoms with Crippen LogP contribution in [-0.2, 0) is 10.0 Å². The summed E-state index contributed by atoms with van der Waals surface area (Å²) in [5.74, 6) is -0.881. The molecule has 0 unspecified atom stereocenters. The second-order valence-electron chi connectivity index (χ2n) is 4.04. The number of hydrogen-bond acceptors (Lipinski definition) is 4. The minimum Gasteiger partial charge on any atom is -0.263 e. The topological polar surface area (TPSA) is 82.8 Å². The average molecular weight is 291 g/mol. The first-order valence-corrected chi connectivity index (χ1v) is 7.07. The summed E-state index contributed by atoms with van der Waals surface area (Å²) in [4.78, 5) is 3.42.